The van der Waals surface area contributed by atoms with Crippen LogP contribution in [0.15, 0.2) is 48.5 Å². The molecule has 3 nitrogen and oxygen atoms in total. The Labute approximate surface area is 141 Å². The molecule has 0 N–H and O–H groups in total. The molecule has 0 unspecified atom stereocenters. The van der Waals surface area contributed by atoms with Gasteiger partial charge in [-0.15, -0.1) is 11.8 Å². The van der Waals surface area contributed by atoms with Gasteiger partial charge in [0, 0.05) is 11.3 Å². The minimum atomic E-state index is -4.45. The van der Waals surface area contributed by atoms with Gasteiger partial charge in [0.05, 0.1) is 18.4 Å². The number of hydrogen-bond donors (Lipinski definition) is 0. The van der Waals surface area contributed by atoms with E-state index in [1.807, 2.05) is 12.1 Å². The zero-order valence-corrected chi connectivity index (χ0v) is 13.5. The Morgan fingerprint density at radius 3 is 2.62 bits per heavy atom. The van der Waals surface area contributed by atoms with Crippen molar-refractivity contribution in [2.45, 2.75) is 11.6 Å². The molecule has 1 aliphatic rings. The standard InChI is InChI=1S/C17H14F3NO2S/c1-23-14-8-3-2-7-13(14)16-21(15(22)10-24-16)12-6-4-5-11(9-12)17(18,19)20/h2-9,16H,10H2,1H3/t16-/m1/s1. The molecule has 0 bridgehead atoms. The van der Waals surface area contributed by atoms with Crippen LogP contribution in [0.5, 0.6) is 5.75 Å². The molecule has 126 valence electrons. The Morgan fingerprint density at radius 2 is 1.92 bits per heavy atom. The summed E-state index contributed by atoms with van der Waals surface area (Å²) in [6.07, 6.45) is -4.45. The average molecular weight is 353 g/mol. The number of amides is 1. The molecule has 1 saturated heterocycles. The van der Waals surface area contributed by atoms with Crippen LogP contribution in [0.4, 0.5) is 18.9 Å². The zero-order chi connectivity index (χ0) is 17.3. The van der Waals surface area contributed by atoms with Gasteiger partial charge in [0.15, 0.2) is 0 Å². The van der Waals surface area contributed by atoms with Crippen LogP contribution >= 0.6 is 11.8 Å². The number of benzene rings is 2. The largest absolute Gasteiger partial charge is 0.496 e. The van der Waals surface area contributed by atoms with Crippen molar-refractivity contribution >= 4 is 23.4 Å². The second-order valence-corrected chi connectivity index (χ2v) is 6.29. The van der Waals surface area contributed by atoms with E-state index in [9.17, 15) is 18.0 Å². The molecule has 0 saturated carbocycles. The second-order valence-electron chi connectivity index (χ2n) is 5.22. The number of halogens is 3. The molecule has 0 aromatic heterocycles. The van der Waals surface area contributed by atoms with Gasteiger partial charge < -0.3 is 4.74 Å². The summed E-state index contributed by atoms with van der Waals surface area (Å²) in [6, 6.07) is 12.0. The number of hydrogen-bond acceptors (Lipinski definition) is 3. The van der Waals surface area contributed by atoms with Crippen molar-refractivity contribution in [3.8, 4) is 5.75 Å². The van der Waals surface area contributed by atoms with Gasteiger partial charge in [0.2, 0.25) is 5.91 Å². The molecular weight excluding hydrogens is 339 g/mol. The number of thioether (sulfide) groups is 1. The van der Waals surface area contributed by atoms with E-state index in [1.54, 1.807) is 12.1 Å². The van der Waals surface area contributed by atoms with E-state index < -0.39 is 17.1 Å². The molecule has 3 rings (SSSR count). The second kappa shape index (κ2) is 6.39. The van der Waals surface area contributed by atoms with Crippen molar-refractivity contribution in [2.75, 3.05) is 17.8 Å². The molecule has 24 heavy (non-hydrogen) atoms. The maximum atomic E-state index is 13.0. The van der Waals surface area contributed by atoms with Crippen molar-refractivity contribution in [1.82, 2.24) is 0 Å². The van der Waals surface area contributed by atoms with E-state index in [2.05, 4.69) is 0 Å². The molecule has 0 aliphatic carbocycles. The quantitative estimate of drug-likeness (QED) is 0.814. The summed E-state index contributed by atoms with van der Waals surface area (Å²) in [5.41, 5.74) is 0.215. The van der Waals surface area contributed by atoms with Crippen molar-refractivity contribution < 1.29 is 22.7 Å². The third-order valence-corrected chi connectivity index (χ3v) is 4.92. The first-order valence-corrected chi connectivity index (χ1v) is 8.20. The van der Waals surface area contributed by atoms with Crippen LogP contribution in [0.1, 0.15) is 16.5 Å². The molecular formula is C17H14F3NO2S. The van der Waals surface area contributed by atoms with Gasteiger partial charge >= 0.3 is 6.18 Å². The van der Waals surface area contributed by atoms with E-state index in [4.69, 9.17) is 4.74 Å². The van der Waals surface area contributed by atoms with Crippen LogP contribution in [-0.4, -0.2) is 18.8 Å². The van der Waals surface area contributed by atoms with E-state index in [1.165, 1.54) is 35.9 Å². The highest BCUT2D eigenvalue weighted by molar-refractivity contribution is 8.00. The van der Waals surface area contributed by atoms with Crippen LogP contribution in [0.3, 0.4) is 0 Å². The van der Waals surface area contributed by atoms with Crippen LogP contribution in [0, 0.1) is 0 Å². The molecule has 2 aromatic rings. The fourth-order valence-electron chi connectivity index (χ4n) is 2.64. The Bertz CT molecular complexity index is 763. The predicted octanol–water partition coefficient (Wildman–Crippen LogP) is 4.49. The molecule has 1 fully saturated rings. The molecule has 7 heteroatoms. The topological polar surface area (TPSA) is 29.5 Å². The fraction of sp³-hybridized carbons (Fsp3) is 0.235. The van der Waals surface area contributed by atoms with Gasteiger partial charge in [-0.05, 0) is 24.3 Å². The van der Waals surface area contributed by atoms with Crippen molar-refractivity contribution in [2.24, 2.45) is 0 Å². The third-order valence-electron chi connectivity index (χ3n) is 3.72. The lowest BCUT2D eigenvalue weighted by Crippen LogP contribution is -2.28. The Balaban J connectivity index is 2.03. The summed E-state index contributed by atoms with van der Waals surface area (Å²) in [5.74, 6) is 0.579. The highest BCUT2D eigenvalue weighted by Crippen LogP contribution is 2.45. The summed E-state index contributed by atoms with van der Waals surface area (Å²) >= 11 is 1.36. The molecule has 1 amide bonds. The number of para-hydroxylation sites is 1. The van der Waals surface area contributed by atoms with Gasteiger partial charge in [0.25, 0.3) is 0 Å². The monoisotopic (exact) mass is 353 g/mol. The molecule has 1 atom stereocenters. The van der Waals surface area contributed by atoms with Gasteiger partial charge in [-0.3, -0.25) is 9.69 Å². The normalized spacial score (nSPS) is 18.1. The Hall–Kier alpha value is -2.15. The average Bonchev–Trinajstić information content (AvgIpc) is 2.95. The Morgan fingerprint density at radius 1 is 1.17 bits per heavy atom. The van der Waals surface area contributed by atoms with Crippen LogP contribution in [0.25, 0.3) is 0 Å². The summed E-state index contributed by atoms with van der Waals surface area (Å²) in [7, 11) is 1.52. The first-order valence-electron chi connectivity index (χ1n) is 7.15. The number of nitrogens with zero attached hydrogens (tertiary/aromatic N) is 1. The lowest BCUT2D eigenvalue weighted by molar-refractivity contribution is -0.137. The minimum Gasteiger partial charge on any atom is -0.496 e. The fourth-order valence-corrected chi connectivity index (χ4v) is 3.84. The number of anilines is 1. The molecule has 2 aromatic carbocycles. The predicted molar refractivity (Wildman–Crippen MR) is 87.1 cm³/mol. The van der Waals surface area contributed by atoms with E-state index in [0.29, 0.717) is 5.75 Å². The number of alkyl halides is 3. The third kappa shape index (κ3) is 3.08. The van der Waals surface area contributed by atoms with E-state index >= 15 is 0 Å². The Kier molecular flexibility index (Phi) is 4.45. The van der Waals surface area contributed by atoms with Crippen LogP contribution in [0.2, 0.25) is 0 Å². The smallest absolute Gasteiger partial charge is 0.416 e. The van der Waals surface area contributed by atoms with Gasteiger partial charge in [-0.2, -0.15) is 13.2 Å². The van der Waals surface area contributed by atoms with Gasteiger partial charge in [-0.25, -0.2) is 0 Å². The van der Waals surface area contributed by atoms with Gasteiger partial charge in [0.1, 0.15) is 11.1 Å². The lowest BCUT2D eigenvalue weighted by atomic mass is 10.1. The molecule has 0 spiro atoms. The van der Waals surface area contributed by atoms with Crippen LogP contribution in [-0.2, 0) is 11.0 Å². The van der Waals surface area contributed by atoms with Crippen molar-refractivity contribution in [3.63, 3.8) is 0 Å². The van der Waals surface area contributed by atoms with Crippen molar-refractivity contribution in [1.29, 1.82) is 0 Å². The number of methoxy groups -OCH3 is 1. The zero-order valence-electron chi connectivity index (χ0n) is 12.7. The lowest BCUT2D eigenvalue weighted by Gasteiger charge is -2.26. The first-order chi connectivity index (χ1) is 11.4. The molecule has 0 radical (unpaired) electrons. The maximum Gasteiger partial charge on any atom is 0.416 e. The molecule has 1 heterocycles. The number of carbonyl (C=O) groups excluding carboxylic acids is 1. The number of ether oxygens (including phenoxy) is 1. The SMILES string of the molecule is COc1ccccc1[C@H]1SCC(=O)N1c1cccc(C(F)(F)F)c1. The summed E-state index contributed by atoms with van der Waals surface area (Å²) in [6.45, 7) is 0. The number of rotatable bonds is 3. The maximum absolute atomic E-state index is 13.0. The minimum absolute atomic E-state index is 0.207. The highest BCUT2D eigenvalue weighted by atomic mass is 32.2. The first kappa shape index (κ1) is 16.7. The van der Waals surface area contributed by atoms with Crippen molar-refractivity contribution in [3.05, 3.63) is 59.7 Å². The summed E-state index contributed by atoms with van der Waals surface area (Å²) in [4.78, 5) is 13.7. The van der Waals surface area contributed by atoms with Crippen LogP contribution < -0.4 is 9.64 Å². The van der Waals surface area contributed by atoms with E-state index in [-0.39, 0.29) is 17.3 Å². The highest BCUT2D eigenvalue weighted by Gasteiger charge is 2.37. The summed E-state index contributed by atoms with van der Waals surface area (Å²) in [5, 5.41) is -0.419. The van der Waals surface area contributed by atoms with Gasteiger partial charge in [-0.1, -0.05) is 24.3 Å². The molecule has 1 aliphatic heterocycles. The number of carbonyl (C=O) groups is 1. The summed E-state index contributed by atoms with van der Waals surface area (Å²) < 4.78 is 44.2. The van der Waals surface area contributed by atoms with E-state index in [0.717, 1.165) is 17.7 Å².